The number of nitrogens with one attached hydrogen (secondary N) is 4. The summed E-state index contributed by atoms with van der Waals surface area (Å²) < 4.78 is 0. The molecule has 2 aromatic carbocycles. The number of carbonyl (C=O) groups is 6. The zero-order valence-corrected chi connectivity index (χ0v) is 25.1. The maximum Gasteiger partial charge on any atom is 0.305 e. The van der Waals surface area contributed by atoms with Crippen molar-refractivity contribution in [2.75, 3.05) is 18.1 Å². The van der Waals surface area contributed by atoms with Gasteiger partial charge < -0.3 is 36.7 Å². The zero-order chi connectivity index (χ0) is 32.1. The fourth-order valence-corrected chi connectivity index (χ4v) is 6.81. The molecule has 2 aliphatic rings. The molecule has 45 heavy (non-hydrogen) atoms. The molecule has 3 aromatic rings. The first-order valence-corrected chi connectivity index (χ1v) is 15.7. The molecule has 0 spiro atoms. The average Bonchev–Trinajstić information content (AvgIpc) is 3.42. The second-order valence-corrected chi connectivity index (χ2v) is 12.2. The number of rotatable bonds is 10. The minimum absolute atomic E-state index is 0.0717. The quantitative estimate of drug-likeness (QED) is 0.177. The van der Waals surface area contributed by atoms with E-state index in [1.807, 2.05) is 24.4 Å². The number of hydrogen-bond donors (Lipinski definition) is 6. The topological polar surface area (TPSA) is 204 Å². The monoisotopic (exact) mass is 634 g/mol. The molecule has 4 unspecified atom stereocenters. The van der Waals surface area contributed by atoms with Gasteiger partial charge in [0.05, 0.1) is 12.8 Å². The molecule has 3 heterocycles. The first kappa shape index (κ1) is 31.6. The number of amides is 5. The third kappa shape index (κ3) is 7.45. The molecule has 0 aliphatic carbocycles. The van der Waals surface area contributed by atoms with Crippen LogP contribution in [0.2, 0.25) is 0 Å². The Labute approximate surface area is 262 Å². The van der Waals surface area contributed by atoms with Crippen LogP contribution in [0.1, 0.15) is 23.1 Å². The number of aromatic amines is 1. The van der Waals surface area contributed by atoms with E-state index in [0.717, 1.165) is 27.6 Å². The van der Waals surface area contributed by atoms with Crippen LogP contribution in [0.5, 0.6) is 0 Å². The van der Waals surface area contributed by atoms with Gasteiger partial charge in [0.2, 0.25) is 29.5 Å². The number of aliphatic carboxylic acids is 1. The van der Waals surface area contributed by atoms with Crippen LogP contribution >= 0.6 is 11.8 Å². The van der Waals surface area contributed by atoms with E-state index in [1.54, 1.807) is 30.3 Å². The van der Waals surface area contributed by atoms with E-state index in [0.29, 0.717) is 5.75 Å². The molecule has 1 fully saturated rings. The average molecular weight is 635 g/mol. The Balaban J connectivity index is 1.31. The van der Waals surface area contributed by atoms with Crippen molar-refractivity contribution in [3.05, 3.63) is 71.4 Å². The van der Waals surface area contributed by atoms with Gasteiger partial charge in [-0.3, -0.25) is 28.8 Å². The number of carbonyl (C=O) groups excluding carboxylic acids is 5. The van der Waals surface area contributed by atoms with Crippen molar-refractivity contribution in [2.24, 2.45) is 5.73 Å². The molecule has 4 atom stereocenters. The van der Waals surface area contributed by atoms with Crippen LogP contribution in [0.3, 0.4) is 0 Å². The lowest BCUT2D eigenvalue weighted by atomic mass is 9.95. The summed E-state index contributed by atoms with van der Waals surface area (Å²) in [6.45, 7) is 0.212. The predicted molar refractivity (Wildman–Crippen MR) is 166 cm³/mol. The molecule has 14 heteroatoms. The highest BCUT2D eigenvalue weighted by molar-refractivity contribution is 7.99. The fourth-order valence-electron chi connectivity index (χ4n) is 5.76. The maximum absolute atomic E-state index is 13.9. The van der Waals surface area contributed by atoms with Crippen LogP contribution in [0.4, 0.5) is 0 Å². The number of nitrogens with zero attached hydrogens (tertiary/aromatic N) is 1. The molecule has 236 valence electrons. The number of carboxylic acid groups (broad SMARTS) is 1. The van der Waals surface area contributed by atoms with Gasteiger partial charge in [0.1, 0.15) is 24.2 Å². The van der Waals surface area contributed by atoms with Gasteiger partial charge in [0.15, 0.2) is 0 Å². The molecule has 7 N–H and O–H groups in total. The Bertz CT molecular complexity index is 1630. The Hall–Kier alpha value is -4.85. The van der Waals surface area contributed by atoms with Crippen molar-refractivity contribution in [1.29, 1.82) is 0 Å². The van der Waals surface area contributed by atoms with Crippen LogP contribution in [-0.2, 0) is 48.0 Å². The lowest BCUT2D eigenvalue weighted by molar-refractivity contribution is -0.144. The number of hydrogen-bond acceptors (Lipinski definition) is 7. The van der Waals surface area contributed by atoms with E-state index in [2.05, 4.69) is 20.9 Å². The minimum atomic E-state index is -1.54. The number of carboxylic acids is 1. The van der Waals surface area contributed by atoms with Crippen molar-refractivity contribution < 1.29 is 33.9 Å². The standard InChI is InChI=1S/C31H34N6O7S/c32-28(41)21(11-17-5-2-1-3-6-17)35-29(42)22(14-26(39)40)36-30(43)24-16-45-10-9-37(24)31(44)23-12-19-15-33-20-8-4-7-18(27(19)20)13-25(38)34-23/h1-8,15,21-24,33H,9-14,16H2,(H2,32,41)(H,34,38)(H,35,42)(H,36,43)(H,39,40). The van der Waals surface area contributed by atoms with Crippen LogP contribution in [0.15, 0.2) is 54.7 Å². The van der Waals surface area contributed by atoms with Gasteiger partial charge in [-0.15, -0.1) is 0 Å². The first-order valence-electron chi connectivity index (χ1n) is 14.5. The van der Waals surface area contributed by atoms with Gasteiger partial charge in [-0.05, 0) is 22.8 Å². The van der Waals surface area contributed by atoms with E-state index in [1.165, 1.54) is 16.7 Å². The summed E-state index contributed by atoms with van der Waals surface area (Å²) >= 11 is 1.43. The van der Waals surface area contributed by atoms with E-state index in [4.69, 9.17) is 5.73 Å². The molecule has 1 aromatic heterocycles. The molecule has 13 nitrogen and oxygen atoms in total. The second-order valence-electron chi connectivity index (χ2n) is 11.1. The van der Waals surface area contributed by atoms with Crippen molar-refractivity contribution in [3.63, 3.8) is 0 Å². The SMILES string of the molecule is NC(=O)C(Cc1ccccc1)NC(=O)C(CC(=O)O)NC(=O)C1CSCCN1C(=O)C1Cc2c[nH]c3cccc(c23)CC(=O)N1. The summed E-state index contributed by atoms with van der Waals surface area (Å²) in [5.74, 6) is -3.81. The highest BCUT2D eigenvalue weighted by atomic mass is 32.2. The van der Waals surface area contributed by atoms with Crippen LogP contribution in [0, 0.1) is 0 Å². The Kier molecular flexibility index (Phi) is 9.71. The van der Waals surface area contributed by atoms with Crippen molar-refractivity contribution >= 4 is 58.2 Å². The minimum Gasteiger partial charge on any atom is -0.481 e. The normalized spacial score (nSPS) is 19.4. The van der Waals surface area contributed by atoms with E-state index >= 15 is 0 Å². The highest BCUT2D eigenvalue weighted by Gasteiger charge is 2.39. The van der Waals surface area contributed by atoms with Crippen molar-refractivity contribution in [1.82, 2.24) is 25.8 Å². The van der Waals surface area contributed by atoms with Crippen molar-refractivity contribution in [2.45, 2.75) is 49.9 Å². The maximum atomic E-state index is 13.9. The summed E-state index contributed by atoms with van der Waals surface area (Å²) in [5.41, 5.74) is 8.81. The Morgan fingerprint density at radius 1 is 1.02 bits per heavy atom. The van der Waals surface area contributed by atoms with Gasteiger partial charge in [0, 0.05) is 48.0 Å². The van der Waals surface area contributed by atoms with Crippen LogP contribution < -0.4 is 21.7 Å². The number of aromatic nitrogens is 1. The zero-order valence-electron chi connectivity index (χ0n) is 24.3. The highest BCUT2D eigenvalue weighted by Crippen LogP contribution is 2.27. The Morgan fingerprint density at radius 2 is 1.80 bits per heavy atom. The molecular weight excluding hydrogens is 600 g/mol. The van der Waals surface area contributed by atoms with Gasteiger partial charge in [0.25, 0.3) is 0 Å². The smallest absolute Gasteiger partial charge is 0.305 e. The fraction of sp³-hybridized carbons (Fsp3) is 0.355. The van der Waals surface area contributed by atoms with Crippen LogP contribution in [-0.4, -0.2) is 92.7 Å². The predicted octanol–water partition coefficient (Wildman–Crippen LogP) is -0.132. The molecule has 0 bridgehead atoms. The van der Waals surface area contributed by atoms with Gasteiger partial charge in [-0.25, -0.2) is 0 Å². The summed E-state index contributed by atoms with van der Waals surface area (Å²) in [6, 6.07) is 9.80. The lowest BCUT2D eigenvalue weighted by Gasteiger charge is -2.37. The lowest BCUT2D eigenvalue weighted by Crippen LogP contribution is -2.62. The second kappa shape index (κ2) is 13.8. The number of H-pyrrole nitrogens is 1. The number of benzene rings is 2. The summed E-state index contributed by atoms with van der Waals surface area (Å²) in [6.07, 6.45) is 1.42. The number of primary amides is 1. The molecular formula is C31H34N6O7S. The molecule has 1 saturated heterocycles. The molecule has 5 amide bonds. The van der Waals surface area contributed by atoms with Gasteiger partial charge in [-0.2, -0.15) is 11.8 Å². The molecule has 0 radical (unpaired) electrons. The number of nitrogens with two attached hydrogens (primary N) is 1. The number of thioether (sulfide) groups is 1. The molecule has 0 saturated carbocycles. The van der Waals surface area contributed by atoms with Gasteiger partial charge in [-0.1, -0.05) is 42.5 Å². The molecule has 2 aliphatic heterocycles. The first-order chi connectivity index (χ1) is 21.6. The summed E-state index contributed by atoms with van der Waals surface area (Å²) in [5, 5.41) is 18.2. The third-order valence-electron chi connectivity index (χ3n) is 7.95. The Morgan fingerprint density at radius 3 is 2.53 bits per heavy atom. The van der Waals surface area contributed by atoms with Crippen LogP contribution in [0.25, 0.3) is 10.9 Å². The van der Waals surface area contributed by atoms with Gasteiger partial charge >= 0.3 is 5.97 Å². The van der Waals surface area contributed by atoms with E-state index in [9.17, 15) is 33.9 Å². The largest absolute Gasteiger partial charge is 0.481 e. The van der Waals surface area contributed by atoms with E-state index in [-0.39, 0.29) is 37.5 Å². The summed E-state index contributed by atoms with van der Waals surface area (Å²) in [4.78, 5) is 82.0. The molecule has 5 rings (SSSR count). The van der Waals surface area contributed by atoms with E-state index < -0.39 is 60.2 Å². The van der Waals surface area contributed by atoms with Crippen molar-refractivity contribution in [3.8, 4) is 0 Å². The third-order valence-corrected chi connectivity index (χ3v) is 8.97. The summed E-state index contributed by atoms with van der Waals surface area (Å²) in [7, 11) is 0.